The first-order valence-corrected chi connectivity index (χ1v) is 15.1. The molecule has 0 spiro atoms. The first kappa shape index (κ1) is 30.4. The topological polar surface area (TPSA) is 59.6 Å². The summed E-state index contributed by atoms with van der Waals surface area (Å²) in [5.74, 6) is 1.08. The standard InChI is InChI=1S/C29H47N5O3S/c1-8-24-12-11-13-26(20-24)37-29-27(33(18-16-30(2)3)19-17-31(4)5)21-25(23-32(6)7)22-28(29)38(35,36)34-14-9-10-15-34/h11-13,20-22H,8-10,14-19,23H2,1-7H3. The van der Waals surface area contributed by atoms with E-state index in [2.05, 4.69) is 66.8 Å². The quantitative estimate of drug-likeness (QED) is 0.358. The van der Waals surface area contributed by atoms with Gasteiger partial charge in [0, 0.05) is 45.8 Å². The SMILES string of the molecule is CCc1cccc(Oc2c(N(CCN(C)C)CCN(C)C)cc(CN(C)C)cc2S(=O)(=O)N2CCCC2)c1. The molecule has 0 amide bonds. The molecule has 38 heavy (non-hydrogen) atoms. The Hall–Kier alpha value is -2.17. The summed E-state index contributed by atoms with van der Waals surface area (Å²) in [5, 5.41) is 0. The lowest BCUT2D eigenvalue weighted by Crippen LogP contribution is -2.37. The normalized spacial score (nSPS) is 14.7. The Bertz CT molecular complexity index is 1130. The molecule has 3 rings (SSSR count). The maximum atomic E-state index is 14.1. The zero-order valence-electron chi connectivity index (χ0n) is 24.4. The number of sulfonamides is 1. The molecule has 0 N–H and O–H groups in total. The summed E-state index contributed by atoms with van der Waals surface area (Å²) in [7, 11) is 8.51. The largest absolute Gasteiger partial charge is 0.454 e. The average Bonchev–Trinajstić information content (AvgIpc) is 3.40. The van der Waals surface area contributed by atoms with E-state index >= 15 is 0 Å². The summed E-state index contributed by atoms with van der Waals surface area (Å²) < 4.78 is 36.4. The number of ether oxygens (including phenoxy) is 1. The Morgan fingerprint density at radius 3 is 2.00 bits per heavy atom. The van der Waals surface area contributed by atoms with E-state index in [4.69, 9.17) is 4.74 Å². The predicted octanol–water partition coefficient (Wildman–Crippen LogP) is 3.82. The van der Waals surface area contributed by atoms with Crippen LogP contribution in [0.25, 0.3) is 0 Å². The molecule has 0 saturated carbocycles. The maximum Gasteiger partial charge on any atom is 0.246 e. The molecule has 2 aromatic carbocycles. The molecular weight excluding hydrogens is 498 g/mol. The third kappa shape index (κ3) is 8.16. The van der Waals surface area contributed by atoms with Crippen LogP contribution in [0.3, 0.4) is 0 Å². The molecule has 2 aromatic rings. The van der Waals surface area contributed by atoms with Crippen LogP contribution in [0.2, 0.25) is 0 Å². The Morgan fingerprint density at radius 1 is 0.816 bits per heavy atom. The van der Waals surface area contributed by atoms with E-state index in [1.165, 1.54) is 0 Å². The highest BCUT2D eigenvalue weighted by molar-refractivity contribution is 7.89. The van der Waals surface area contributed by atoms with E-state index in [-0.39, 0.29) is 4.90 Å². The van der Waals surface area contributed by atoms with Gasteiger partial charge < -0.3 is 24.3 Å². The third-order valence-corrected chi connectivity index (χ3v) is 8.68. The molecule has 0 radical (unpaired) electrons. The molecule has 1 aliphatic heterocycles. The summed E-state index contributed by atoms with van der Waals surface area (Å²) in [6.45, 7) is 7.01. The first-order chi connectivity index (χ1) is 18.0. The van der Waals surface area contributed by atoms with E-state index in [0.717, 1.165) is 62.3 Å². The van der Waals surface area contributed by atoms with Gasteiger partial charge in [0.1, 0.15) is 10.6 Å². The number of hydrogen-bond donors (Lipinski definition) is 0. The van der Waals surface area contributed by atoms with Crippen molar-refractivity contribution >= 4 is 15.7 Å². The summed E-state index contributed by atoms with van der Waals surface area (Å²) in [6.07, 6.45) is 2.65. The molecule has 0 atom stereocenters. The lowest BCUT2D eigenvalue weighted by atomic mass is 10.1. The lowest BCUT2D eigenvalue weighted by Gasteiger charge is -2.31. The monoisotopic (exact) mass is 545 g/mol. The second kappa shape index (κ2) is 13.8. The van der Waals surface area contributed by atoms with Crippen LogP contribution < -0.4 is 9.64 Å². The molecule has 9 heteroatoms. The highest BCUT2D eigenvalue weighted by Crippen LogP contribution is 2.41. The fraction of sp³-hybridized carbons (Fsp3) is 0.586. The number of benzene rings is 2. The minimum Gasteiger partial charge on any atom is -0.454 e. The predicted molar refractivity (Wildman–Crippen MR) is 157 cm³/mol. The van der Waals surface area contributed by atoms with Crippen LogP contribution in [0, 0.1) is 0 Å². The molecule has 1 aliphatic rings. The summed E-state index contributed by atoms with van der Waals surface area (Å²) in [6, 6.07) is 11.9. The van der Waals surface area contributed by atoms with E-state index in [1.54, 1.807) is 4.31 Å². The molecule has 0 bridgehead atoms. The Balaban J connectivity index is 2.25. The number of hydrogen-bond acceptors (Lipinski definition) is 7. The molecule has 0 aliphatic carbocycles. The minimum absolute atomic E-state index is 0.260. The fourth-order valence-electron chi connectivity index (χ4n) is 4.64. The minimum atomic E-state index is -3.74. The number of rotatable bonds is 14. The van der Waals surface area contributed by atoms with Crippen LogP contribution in [-0.2, 0) is 23.0 Å². The van der Waals surface area contributed by atoms with Gasteiger partial charge in [-0.1, -0.05) is 19.1 Å². The Morgan fingerprint density at radius 2 is 1.45 bits per heavy atom. The van der Waals surface area contributed by atoms with Crippen molar-refractivity contribution in [1.29, 1.82) is 0 Å². The Kier molecular flexibility index (Phi) is 11.0. The highest BCUT2D eigenvalue weighted by Gasteiger charge is 2.33. The van der Waals surface area contributed by atoms with Gasteiger partial charge >= 0.3 is 0 Å². The number of likely N-dealkylation sites (N-methyl/N-ethyl adjacent to an activating group) is 2. The molecule has 0 unspecified atom stereocenters. The molecule has 1 saturated heterocycles. The molecular formula is C29H47N5O3S. The summed E-state index contributed by atoms with van der Waals surface area (Å²) >= 11 is 0. The molecule has 8 nitrogen and oxygen atoms in total. The van der Waals surface area contributed by atoms with Crippen molar-refractivity contribution in [3.05, 3.63) is 47.5 Å². The fourth-order valence-corrected chi connectivity index (χ4v) is 6.33. The van der Waals surface area contributed by atoms with Gasteiger partial charge in [-0.25, -0.2) is 8.42 Å². The Labute approximate surface area is 230 Å². The number of anilines is 1. The first-order valence-electron chi connectivity index (χ1n) is 13.6. The molecule has 1 fully saturated rings. The van der Waals surface area contributed by atoms with Crippen molar-refractivity contribution < 1.29 is 13.2 Å². The van der Waals surface area contributed by atoms with Crippen LogP contribution in [0.4, 0.5) is 5.69 Å². The van der Waals surface area contributed by atoms with E-state index < -0.39 is 10.0 Å². The van der Waals surface area contributed by atoms with Crippen LogP contribution in [-0.4, -0.2) is 109 Å². The number of aryl methyl sites for hydroxylation is 1. The highest BCUT2D eigenvalue weighted by atomic mass is 32.2. The lowest BCUT2D eigenvalue weighted by molar-refractivity contribution is 0.387. The van der Waals surface area contributed by atoms with Gasteiger partial charge in [0.15, 0.2) is 5.75 Å². The van der Waals surface area contributed by atoms with Crippen molar-refractivity contribution in [2.24, 2.45) is 0 Å². The van der Waals surface area contributed by atoms with Crippen molar-refractivity contribution in [2.45, 2.75) is 37.6 Å². The molecule has 212 valence electrons. The second-order valence-corrected chi connectivity index (χ2v) is 12.9. The van der Waals surface area contributed by atoms with Gasteiger partial charge in [-0.05, 0) is 96.9 Å². The van der Waals surface area contributed by atoms with Gasteiger partial charge in [-0.15, -0.1) is 0 Å². The van der Waals surface area contributed by atoms with Crippen molar-refractivity contribution in [3.8, 4) is 11.5 Å². The third-order valence-electron chi connectivity index (χ3n) is 6.78. The van der Waals surface area contributed by atoms with E-state index in [0.29, 0.717) is 31.1 Å². The number of nitrogens with zero attached hydrogens (tertiary/aromatic N) is 5. The van der Waals surface area contributed by atoms with E-state index in [9.17, 15) is 8.42 Å². The summed E-state index contributed by atoms with van der Waals surface area (Å²) in [5.41, 5.74) is 2.93. The summed E-state index contributed by atoms with van der Waals surface area (Å²) in [4.78, 5) is 8.91. The smallest absolute Gasteiger partial charge is 0.246 e. The van der Waals surface area contributed by atoms with Crippen molar-refractivity contribution in [3.63, 3.8) is 0 Å². The van der Waals surface area contributed by atoms with Gasteiger partial charge in [-0.2, -0.15) is 4.31 Å². The van der Waals surface area contributed by atoms with Gasteiger partial charge in [0.25, 0.3) is 0 Å². The van der Waals surface area contributed by atoms with Crippen LogP contribution in [0.15, 0.2) is 41.3 Å². The van der Waals surface area contributed by atoms with Crippen LogP contribution in [0.5, 0.6) is 11.5 Å². The molecule has 0 aromatic heterocycles. The van der Waals surface area contributed by atoms with Gasteiger partial charge in [0.05, 0.1) is 5.69 Å². The van der Waals surface area contributed by atoms with Crippen molar-refractivity contribution in [2.75, 3.05) is 86.5 Å². The van der Waals surface area contributed by atoms with Gasteiger partial charge in [0.2, 0.25) is 10.0 Å². The van der Waals surface area contributed by atoms with Gasteiger partial charge in [-0.3, -0.25) is 0 Å². The van der Waals surface area contributed by atoms with Crippen LogP contribution >= 0.6 is 0 Å². The molecule has 1 heterocycles. The zero-order chi connectivity index (χ0) is 27.9. The van der Waals surface area contributed by atoms with E-state index in [1.807, 2.05) is 38.4 Å². The van der Waals surface area contributed by atoms with Crippen LogP contribution in [0.1, 0.15) is 30.9 Å². The average molecular weight is 546 g/mol. The zero-order valence-corrected chi connectivity index (χ0v) is 25.2. The van der Waals surface area contributed by atoms with Crippen molar-refractivity contribution in [1.82, 2.24) is 19.0 Å². The second-order valence-electron chi connectivity index (χ2n) is 11.0. The maximum absolute atomic E-state index is 14.1.